The normalized spacial score (nSPS) is 15.7. The summed E-state index contributed by atoms with van der Waals surface area (Å²) in [6.45, 7) is 4.20. The van der Waals surface area contributed by atoms with Gasteiger partial charge in [0.15, 0.2) is 0 Å². The Labute approximate surface area is 181 Å². The van der Waals surface area contributed by atoms with Crippen LogP contribution in [0.25, 0.3) is 0 Å². The van der Waals surface area contributed by atoms with E-state index in [1.807, 2.05) is 6.92 Å². The maximum atomic E-state index is 14.3. The zero-order valence-electron chi connectivity index (χ0n) is 17.8. The van der Waals surface area contributed by atoms with Gasteiger partial charge in [-0.15, -0.1) is 25.7 Å². The van der Waals surface area contributed by atoms with Crippen LogP contribution in [-0.4, -0.2) is 48.1 Å². The number of benzene rings is 1. The smallest absolute Gasteiger partial charge is 0.292 e. The summed E-state index contributed by atoms with van der Waals surface area (Å²) in [5, 5.41) is 0. The molecule has 5 nitrogen and oxygen atoms in total. The Bertz CT molecular complexity index is 668. The molecule has 1 aromatic carbocycles. The lowest BCUT2D eigenvalue weighted by Crippen LogP contribution is -2.26. The number of carbonyl (C=O) groups is 1. The summed E-state index contributed by atoms with van der Waals surface area (Å²) in [5.74, 6) is -0.914. The molecule has 8 heteroatoms. The molecule has 0 bridgehead atoms. The second-order valence-electron chi connectivity index (χ2n) is 6.00. The van der Waals surface area contributed by atoms with Crippen molar-refractivity contribution in [3.8, 4) is 25.7 Å². The van der Waals surface area contributed by atoms with Crippen LogP contribution in [0.1, 0.15) is 43.2 Å². The molecular weight excluding hydrogens is 412 g/mol. The number of carbonyl (C=O) groups excluding carboxylic acids is 1. The number of ether oxygens (including phenoxy) is 2. The highest BCUT2D eigenvalue weighted by molar-refractivity contribution is 7.81. The molecule has 1 aromatic rings. The first kappa shape index (κ1) is 29.9. The minimum absolute atomic E-state index is 0.0793. The molecule has 0 aliphatic carbocycles. The largest absolute Gasteiger partial charge is 0.471 e. The summed E-state index contributed by atoms with van der Waals surface area (Å²) >= 11 is 0. The highest BCUT2D eigenvalue weighted by Crippen LogP contribution is 2.29. The molecule has 1 aliphatic rings. The van der Waals surface area contributed by atoms with Crippen molar-refractivity contribution in [2.45, 2.75) is 38.6 Å². The first-order valence-corrected chi connectivity index (χ1v) is 10.7. The van der Waals surface area contributed by atoms with Gasteiger partial charge in [-0.25, -0.2) is 17.3 Å². The molecule has 1 saturated heterocycles. The average molecular weight is 444 g/mol. The number of nitrogens with zero attached hydrogens (tertiary/aromatic N) is 1. The lowest BCUT2D eigenvalue weighted by molar-refractivity contribution is -0.126. The fourth-order valence-corrected chi connectivity index (χ4v) is 3.52. The quantitative estimate of drug-likeness (QED) is 0.477. The van der Waals surface area contributed by atoms with E-state index in [4.69, 9.17) is 9.53 Å². The summed E-state index contributed by atoms with van der Waals surface area (Å²) in [7, 11) is 0.108. The van der Waals surface area contributed by atoms with E-state index in [0.717, 1.165) is 19.3 Å². The van der Waals surface area contributed by atoms with E-state index in [9.17, 15) is 13.0 Å². The van der Waals surface area contributed by atoms with Crippen LogP contribution in [0.5, 0.6) is 0 Å². The molecule has 0 radical (unpaired) electrons. The SMILES string of the molecule is C#C.C#C.CCCN(Cc1cc(F)c([C@@H]2CCCOC2)cc1F)S(C)=O.COC=O. The molecule has 30 heavy (non-hydrogen) atoms. The van der Waals surface area contributed by atoms with E-state index in [-0.39, 0.29) is 18.0 Å². The van der Waals surface area contributed by atoms with Gasteiger partial charge in [-0.3, -0.25) is 4.79 Å². The van der Waals surface area contributed by atoms with Gasteiger partial charge >= 0.3 is 0 Å². The van der Waals surface area contributed by atoms with Crippen LogP contribution in [0.4, 0.5) is 8.78 Å². The van der Waals surface area contributed by atoms with Crippen molar-refractivity contribution in [2.75, 3.05) is 33.1 Å². The summed E-state index contributed by atoms with van der Waals surface area (Å²) in [4.78, 5) is 8.95. The van der Waals surface area contributed by atoms with E-state index >= 15 is 0 Å². The van der Waals surface area contributed by atoms with Crippen LogP contribution in [0.2, 0.25) is 0 Å². The number of hydrogen-bond donors (Lipinski definition) is 0. The van der Waals surface area contributed by atoms with Crippen molar-refractivity contribution in [1.82, 2.24) is 4.31 Å². The summed E-state index contributed by atoms with van der Waals surface area (Å²) in [5.41, 5.74) is 0.641. The van der Waals surface area contributed by atoms with Gasteiger partial charge in [-0.05, 0) is 37.0 Å². The molecule has 2 rings (SSSR count). The van der Waals surface area contributed by atoms with Gasteiger partial charge in [0.05, 0.1) is 24.7 Å². The van der Waals surface area contributed by atoms with Crippen molar-refractivity contribution in [2.24, 2.45) is 0 Å². The first-order valence-electron chi connectivity index (χ1n) is 9.21. The zero-order chi connectivity index (χ0) is 23.5. The van der Waals surface area contributed by atoms with Crippen LogP contribution >= 0.6 is 0 Å². The second-order valence-corrected chi connectivity index (χ2v) is 7.36. The number of halogens is 2. The maximum absolute atomic E-state index is 14.3. The second kappa shape index (κ2) is 18.7. The Morgan fingerprint density at radius 2 is 1.87 bits per heavy atom. The minimum Gasteiger partial charge on any atom is -0.471 e. The van der Waals surface area contributed by atoms with Gasteiger partial charge in [0.1, 0.15) is 11.6 Å². The van der Waals surface area contributed by atoms with Crippen molar-refractivity contribution in [3.63, 3.8) is 0 Å². The Hall–Kier alpha value is -2.26. The third-order valence-corrected chi connectivity index (χ3v) is 5.08. The molecule has 2 atom stereocenters. The number of hydrogen-bond acceptors (Lipinski definition) is 4. The molecule has 1 heterocycles. The molecular formula is C22H31F2NO4S. The van der Waals surface area contributed by atoms with Gasteiger partial charge in [-0.1, -0.05) is 6.92 Å². The molecule has 1 unspecified atom stereocenters. The lowest BCUT2D eigenvalue weighted by atomic mass is 9.92. The van der Waals surface area contributed by atoms with Gasteiger partial charge in [0, 0.05) is 37.4 Å². The Kier molecular flexibility index (Phi) is 18.7. The fourth-order valence-electron chi connectivity index (χ4n) is 2.76. The fraction of sp³-hybridized carbons (Fsp3) is 0.500. The first-order chi connectivity index (χ1) is 14.4. The molecule has 1 fully saturated rings. The van der Waals surface area contributed by atoms with Crippen molar-refractivity contribution in [1.29, 1.82) is 0 Å². The summed E-state index contributed by atoms with van der Waals surface area (Å²) in [6, 6.07) is 2.53. The summed E-state index contributed by atoms with van der Waals surface area (Å²) in [6.07, 6.45) is 20.0. The van der Waals surface area contributed by atoms with E-state index in [1.54, 1.807) is 10.6 Å². The van der Waals surface area contributed by atoms with Gasteiger partial charge in [0.2, 0.25) is 0 Å². The standard InChI is InChI=1S/C16H23F2NO2S.C2H4O2.2C2H2/c1-3-6-19(22(2)20)10-13-8-16(18)14(9-15(13)17)12-5-4-7-21-11-12;1-4-2-3;2*1-2/h8-9,12H,3-7,10-11H2,1-2H3;2H,1H3;2*1-2H/t12-,22?;;;/m1.../s1. The van der Waals surface area contributed by atoms with E-state index in [2.05, 4.69) is 30.4 Å². The van der Waals surface area contributed by atoms with Crippen LogP contribution in [0.15, 0.2) is 12.1 Å². The van der Waals surface area contributed by atoms with Gasteiger partial charge < -0.3 is 9.47 Å². The van der Waals surface area contributed by atoms with E-state index in [1.165, 1.54) is 19.2 Å². The molecule has 168 valence electrons. The van der Waals surface area contributed by atoms with Crippen molar-refractivity contribution in [3.05, 3.63) is 34.9 Å². The van der Waals surface area contributed by atoms with E-state index in [0.29, 0.717) is 31.8 Å². The number of rotatable bonds is 7. The average Bonchev–Trinajstić information content (AvgIpc) is 2.79. The van der Waals surface area contributed by atoms with Crippen LogP contribution in [-0.2, 0) is 31.8 Å². The maximum Gasteiger partial charge on any atom is 0.292 e. The zero-order valence-corrected chi connectivity index (χ0v) is 18.6. The molecule has 0 aromatic heterocycles. The molecule has 0 amide bonds. The monoisotopic (exact) mass is 443 g/mol. The molecule has 1 aliphatic heterocycles. The number of terminal acetylenes is 2. The van der Waals surface area contributed by atoms with Crippen LogP contribution < -0.4 is 0 Å². The topological polar surface area (TPSA) is 55.8 Å². The van der Waals surface area contributed by atoms with Crippen molar-refractivity contribution < 1.29 is 27.3 Å². The van der Waals surface area contributed by atoms with E-state index < -0.39 is 22.6 Å². The third kappa shape index (κ3) is 11.1. The Morgan fingerprint density at radius 1 is 1.27 bits per heavy atom. The van der Waals surface area contributed by atoms with Crippen molar-refractivity contribution >= 4 is 17.5 Å². The number of methoxy groups -OCH3 is 1. The molecule has 0 N–H and O–H groups in total. The summed E-state index contributed by atoms with van der Waals surface area (Å²) < 4.78 is 51.2. The Balaban J connectivity index is 0. The Morgan fingerprint density at radius 3 is 2.30 bits per heavy atom. The lowest BCUT2D eigenvalue weighted by Gasteiger charge is -2.24. The van der Waals surface area contributed by atoms with Gasteiger partial charge in [0.25, 0.3) is 6.47 Å². The minimum atomic E-state index is -1.20. The van der Waals surface area contributed by atoms with Crippen LogP contribution in [0, 0.1) is 37.3 Å². The predicted octanol–water partition coefficient (Wildman–Crippen LogP) is 3.65. The molecule has 0 spiro atoms. The van der Waals surface area contributed by atoms with Crippen LogP contribution in [0.3, 0.4) is 0 Å². The molecule has 0 saturated carbocycles. The van der Waals surface area contributed by atoms with Gasteiger partial charge in [-0.2, -0.15) is 0 Å². The highest BCUT2D eigenvalue weighted by Gasteiger charge is 2.22. The third-order valence-electron chi connectivity index (χ3n) is 4.05. The predicted molar refractivity (Wildman–Crippen MR) is 117 cm³/mol. The highest BCUT2D eigenvalue weighted by atomic mass is 32.2.